The van der Waals surface area contributed by atoms with E-state index in [0.717, 1.165) is 16.6 Å². The van der Waals surface area contributed by atoms with Gasteiger partial charge in [-0.1, -0.05) is 18.2 Å². The standard InChI is InChI=1S/C13H10N2/c1-9-6-7-14-13-11(9)8-10-4-2-3-5-12(10)15-13/h2-8H,1H3. The van der Waals surface area contributed by atoms with Crippen molar-refractivity contribution in [3.05, 3.63) is 48.2 Å². The molecule has 0 radical (unpaired) electrons. The third-order valence-corrected chi connectivity index (χ3v) is 2.65. The van der Waals surface area contributed by atoms with Crippen LogP contribution in [0.3, 0.4) is 0 Å². The van der Waals surface area contributed by atoms with Crippen molar-refractivity contribution in [2.24, 2.45) is 0 Å². The molecule has 0 bridgehead atoms. The molecule has 0 aliphatic carbocycles. The highest BCUT2D eigenvalue weighted by Crippen LogP contribution is 2.20. The normalized spacial score (nSPS) is 11.0. The Bertz CT molecular complexity index is 644. The Hall–Kier alpha value is -1.96. The molecular weight excluding hydrogens is 184 g/mol. The van der Waals surface area contributed by atoms with E-state index in [1.807, 2.05) is 24.3 Å². The van der Waals surface area contributed by atoms with Crippen molar-refractivity contribution in [3.8, 4) is 0 Å². The van der Waals surface area contributed by atoms with Gasteiger partial charge in [0, 0.05) is 17.0 Å². The molecule has 2 heterocycles. The molecule has 72 valence electrons. The van der Waals surface area contributed by atoms with Crippen molar-refractivity contribution in [3.63, 3.8) is 0 Å². The number of aryl methyl sites for hydroxylation is 1. The molecule has 2 aromatic heterocycles. The van der Waals surface area contributed by atoms with E-state index in [9.17, 15) is 0 Å². The second-order valence-electron chi connectivity index (χ2n) is 3.68. The summed E-state index contributed by atoms with van der Waals surface area (Å²) in [6, 6.07) is 12.3. The molecule has 0 saturated carbocycles. The second kappa shape index (κ2) is 3.02. The lowest BCUT2D eigenvalue weighted by Crippen LogP contribution is -1.87. The SMILES string of the molecule is Cc1ccnc2nc3ccccc3cc12. The van der Waals surface area contributed by atoms with E-state index in [1.165, 1.54) is 10.9 Å². The van der Waals surface area contributed by atoms with Gasteiger partial charge in [0.1, 0.15) is 0 Å². The van der Waals surface area contributed by atoms with Gasteiger partial charge in [0.2, 0.25) is 0 Å². The van der Waals surface area contributed by atoms with Gasteiger partial charge in [-0.15, -0.1) is 0 Å². The minimum absolute atomic E-state index is 0.828. The van der Waals surface area contributed by atoms with Crippen molar-refractivity contribution in [1.29, 1.82) is 0 Å². The zero-order valence-electron chi connectivity index (χ0n) is 8.44. The lowest BCUT2D eigenvalue weighted by atomic mass is 10.1. The van der Waals surface area contributed by atoms with Crippen molar-refractivity contribution in [2.45, 2.75) is 6.92 Å². The topological polar surface area (TPSA) is 25.8 Å². The first-order valence-electron chi connectivity index (χ1n) is 4.96. The Morgan fingerprint density at radius 1 is 1.07 bits per heavy atom. The largest absolute Gasteiger partial charge is 0.237 e. The molecule has 1 aromatic carbocycles. The summed E-state index contributed by atoms with van der Waals surface area (Å²) in [7, 11) is 0. The lowest BCUT2D eigenvalue weighted by Gasteiger charge is -2.02. The van der Waals surface area contributed by atoms with E-state index in [-0.39, 0.29) is 0 Å². The highest BCUT2D eigenvalue weighted by molar-refractivity contribution is 5.92. The van der Waals surface area contributed by atoms with Crippen LogP contribution in [0, 0.1) is 6.92 Å². The third kappa shape index (κ3) is 1.26. The number of hydrogen-bond donors (Lipinski definition) is 0. The van der Waals surface area contributed by atoms with Crippen LogP contribution in [0.4, 0.5) is 0 Å². The summed E-state index contributed by atoms with van der Waals surface area (Å²) in [6.07, 6.45) is 1.80. The van der Waals surface area contributed by atoms with Crippen LogP contribution in [0.2, 0.25) is 0 Å². The molecule has 0 saturated heterocycles. The minimum atomic E-state index is 0.828. The van der Waals surface area contributed by atoms with Crippen LogP contribution in [0.5, 0.6) is 0 Å². The van der Waals surface area contributed by atoms with E-state index in [2.05, 4.69) is 29.0 Å². The fraction of sp³-hybridized carbons (Fsp3) is 0.0769. The maximum Gasteiger partial charge on any atom is 0.160 e. The fourth-order valence-corrected chi connectivity index (χ4v) is 1.80. The molecule has 2 heteroatoms. The predicted molar refractivity (Wildman–Crippen MR) is 61.8 cm³/mol. The molecule has 0 aliphatic heterocycles. The van der Waals surface area contributed by atoms with Gasteiger partial charge >= 0.3 is 0 Å². The van der Waals surface area contributed by atoms with Gasteiger partial charge in [0.15, 0.2) is 5.65 Å². The van der Waals surface area contributed by atoms with E-state index < -0.39 is 0 Å². The van der Waals surface area contributed by atoms with Crippen molar-refractivity contribution < 1.29 is 0 Å². The Labute approximate surface area is 87.6 Å². The predicted octanol–water partition coefficient (Wildman–Crippen LogP) is 3.09. The van der Waals surface area contributed by atoms with E-state index in [1.54, 1.807) is 6.20 Å². The molecule has 0 atom stereocenters. The minimum Gasteiger partial charge on any atom is -0.237 e. The van der Waals surface area contributed by atoms with Crippen LogP contribution in [0.15, 0.2) is 42.6 Å². The number of rotatable bonds is 0. The smallest absolute Gasteiger partial charge is 0.160 e. The quantitative estimate of drug-likeness (QED) is 0.514. The third-order valence-electron chi connectivity index (χ3n) is 2.65. The summed E-state index contributed by atoms with van der Waals surface area (Å²) >= 11 is 0. The van der Waals surface area contributed by atoms with Gasteiger partial charge in [-0.2, -0.15) is 0 Å². The molecule has 0 amide bonds. The van der Waals surface area contributed by atoms with Crippen LogP contribution in [-0.2, 0) is 0 Å². The first kappa shape index (κ1) is 8.36. The highest BCUT2D eigenvalue weighted by Gasteiger charge is 2.01. The Kier molecular flexibility index (Phi) is 1.68. The van der Waals surface area contributed by atoms with E-state index in [0.29, 0.717) is 0 Å². The Morgan fingerprint density at radius 2 is 1.93 bits per heavy atom. The highest BCUT2D eigenvalue weighted by atomic mass is 14.8. The number of benzene rings is 1. The van der Waals surface area contributed by atoms with Crippen LogP contribution in [-0.4, -0.2) is 9.97 Å². The van der Waals surface area contributed by atoms with Crippen molar-refractivity contribution >= 4 is 21.9 Å². The fourth-order valence-electron chi connectivity index (χ4n) is 1.80. The number of fused-ring (bicyclic) bond motifs is 2. The van der Waals surface area contributed by atoms with Crippen LogP contribution in [0.25, 0.3) is 21.9 Å². The molecule has 2 nitrogen and oxygen atoms in total. The number of hydrogen-bond acceptors (Lipinski definition) is 2. The summed E-state index contributed by atoms with van der Waals surface area (Å²) in [5.41, 5.74) is 3.05. The Balaban J connectivity index is 2.53. The first-order chi connectivity index (χ1) is 7.34. The van der Waals surface area contributed by atoms with Crippen molar-refractivity contribution in [1.82, 2.24) is 9.97 Å². The molecular formula is C13H10N2. The number of para-hydroxylation sites is 1. The maximum atomic E-state index is 4.53. The molecule has 0 spiro atoms. The zero-order valence-corrected chi connectivity index (χ0v) is 8.44. The van der Waals surface area contributed by atoms with Gasteiger partial charge in [-0.25, -0.2) is 9.97 Å². The molecule has 3 rings (SSSR count). The van der Waals surface area contributed by atoms with Crippen LogP contribution in [0.1, 0.15) is 5.56 Å². The van der Waals surface area contributed by atoms with Crippen molar-refractivity contribution in [2.75, 3.05) is 0 Å². The van der Waals surface area contributed by atoms with E-state index >= 15 is 0 Å². The van der Waals surface area contributed by atoms with Crippen LogP contribution >= 0.6 is 0 Å². The molecule has 0 fully saturated rings. The second-order valence-corrected chi connectivity index (χ2v) is 3.68. The molecule has 15 heavy (non-hydrogen) atoms. The summed E-state index contributed by atoms with van der Waals surface area (Å²) < 4.78 is 0. The number of aromatic nitrogens is 2. The van der Waals surface area contributed by atoms with Gasteiger partial charge < -0.3 is 0 Å². The van der Waals surface area contributed by atoms with Gasteiger partial charge in [-0.3, -0.25) is 0 Å². The first-order valence-corrected chi connectivity index (χ1v) is 4.96. The summed E-state index contributed by atoms with van der Waals surface area (Å²) in [5, 5.41) is 2.30. The molecule has 3 aromatic rings. The average Bonchev–Trinajstić information content (AvgIpc) is 2.27. The van der Waals surface area contributed by atoms with Gasteiger partial charge in [0.05, 0.1) is 5.52 Å². The van der Waals surface area contributed by atoms with Gasteiger partial charge in [0.25, 0.3) is 0 Å². The Morgan fingerprint density at radius 3 is 2.87 bits per heavy atom. The molecule has 0 aliphatic rings. The van der Waals surface area contributed by atoms with Crippen LogP contribution < -0.4 is 0 Å². The van der Waals surface area contributed by atoms with Gasteiger partial charge in [-0.05, 0) is 30.7 Å². The average molecular weight is 194 g/mol. The lowest BCUT2D eigenvalue weighted by molar-refractivity contribution is 1.30. The zero-order chi connectivity index (χ0) is 10.3. The maximum absolute atomic E-state index is 4.53. The number of pyridine rings is 2. The molecule has 0 unspecified atom stereocenters. The summed E-state index contributed by atoms with van der Waals surface area (Å²) in [5.74, 6) is 0. The molecule has 0 N–H and O–H groups in total. The number of nitrogens with zero attached hydrogens (tertiary/aromatic N) is 2. The summed E-state index contributed by atoms with van der Waals surface area (Å²) in [4.78, 5) is 8.81. The van der Waals surface area contributed by atoms with E-state index in [4.69, 9.17) is 0 Å². The summed E-state index contributed by atoms with van der Waals surface area (Å²) in [6.45, 7) is 2.08. The monoisotopic (exact) mass is 194 g/mol.